The van der Waals surface area contributed by atoms with E-state index in [9.17, 15) is 9.59 Å². The van der Waals surface area contributed by atoms with Crippen molar-refractivity contribution in [3.05, 3.63) is 0 Å². The largest absolute Gasteiger partial charge is 0.370 e. The third-order valence-electron chi connectivity index (χ3n) is 4.99. The maximum Gasteiger partial charge on any atom is 0.317 e. The van der Waals surface area contributed by atoms with Crippen LogP contribution in [0.15, 0.2) is 0 Å². The second-order valence-electron chi connectivity index (χ2n) is 7.28. The van der Waals surface area contributed by atoms with Crippen molar-refractivity contribution in [3.63, 3.8) is 0 Å². The Morgan fingerprint density at radius 2 is 1.78 bits per heavy atom. The predicted molar refractivity (Wildman–Crippen MR) is 86.1 cm³/mol. The predicted octanol–water partition coefficient (Wildman–Crippen LogP) is -0.0323. The van der Waals surface area contributed by atoms with Crippen molar-refractivity contribution in [1.82, 2.24) is 20.0 Å². The summed E-state index contributed by atoms with van der Waals surface area (Å²) in [6.45, 7) is 8.44. The molecule has 7 heteroatoms. The lowest BCUT2D eigenvalue weighted by atomic mass is 9.98. The molecule has 3 amide bonds. The highest BCUT2D eigenvalue weighted by atomic mass is 16.5. The van der Waals surface area contributed by atoms with Gasteiger partial charge in [-0.15, -0.1) is 0 Å². The van der Waals surface area contributed by atoms with Gasteiger partial charge in [-0.1, -0.05) is 0 Å². The van der Waals surface area contributed by atoms with Gasteiger partial charge in [-0.05, 0) is 27.3 Å². The van der Waals surface area contributed by atoms with Gasteiger partial charge in [-0.3, -0.25) is 4.79 Å². The minimum Gasteiger partial charge on any atom is -0.370 e. The zero-order valence-corrected chi connectivity index (χ0v) is 14.3. The Hall–Kier alpha value is -1.34. The van der Waals surface area contributed by atoms with Gasteiger partial charge >= 0.3 is 6.03 Å². The van der Waals surface area contributed by atoms with Crippen molar-refractivity contribution in [2.24, 2.45) is 5.92 Å². The van der Waals surface area contributed by atoms with Gasteiger partial charge in [0.1, 0.15) is 0 Å². The number of likely N-dealkylation sites (tertiary alicyclic amines) is 1. The van der Waals surface area contributed by atoms with Crippen LogP contribution in [0.2, 0.25) is 0 Å². The molecule has 3 atom stereocenters. The smallest absolute Gasteiger partial charge is 0.317 e. The molecule has 1 N–H and O–H groups in total. The van der Waals surface area contributed by atoms with Crippen LogP contribution in [0.5, 0.6) is 0 Å². The zero-order valence-electron chi connectivity index (χ0n) is 14.3. The Bertz CT molecular complexity index is 462. The molecule has 0 aromatic carbocycles. The van der Waals surface area contributed by atoms with Crippen LogP contribution in [-0.2, 0) is 9.53 Å². The molecule has 0 radical (unpaired) electrons. The summed E-state index contributed by atoms with van der Waals surface area (Å²) < 4.78 is 5.95. The topological polar surface area (TPSA) is 65.1 Å². The third-order valence-corrected chi connectivity index (χ3v) is 4.99. The van der Waals surface area contributed by atoms with Crippen LogP contribution in [0.25, 0.3) is 0 Å². The number of urea groups is 1. The third kappa shape index (κ3) is 3.61. The minimum absolute atomic E-state index is 0.00641. The number of nitrogens with zero attached hydrogens (tertiary/aromatic N) is 3. The van der Waals surface area contributed by atoms with Crippen LogP contribution < -0.4 is 5.32 Å². The summed E-state index contributed by atoms with van der Waals surface area (Å²) in [5.41, 5.74) is 0. The van der Waals surface area contributed by atoms with E-state index in [1.54, 1.807) is 4.90 Å². The fourth-order valence-electron chi connectivity index (χ4n) is 3.68. The molecule has 130 valence electrons. The number of hydrogen-bond donors (Lipinski definition) is 1. The SMILES string of the molecule is CC(C)NC(=O)N1CC2CC(C(=O)N3CCN(C)CC3)C(C1)O2. The molecule has 7 nitrogen and oxygen atoms in total. The van der Waals surface area contributed by atoms with Gasteiger partial charge in [-0.25, -0.2) is 4.79 Å². The Morgan fingerprint density at radius 1 is 1.09 bits per heavy atom. The van der Waals surface area contributed by atoms with Crippen molar-refractivity contribution in [2.45, 2.75) is 38.5 Å². The van der Waals surface area contributed by atoms with Gasteiger partial charge in [0.25, 0.3) is 0 Å². The molecule has 0 aliphatic carbocycles. The minimum atomic E-state index is -0.154. The van der Waals surface area contributed by atoms with Gasteiger partial charge in [0.05, 0.1) is 18.1 Å². The van der Waals surface area contributed by atoms with Gasteiger partial charge in [0.2, 0.25) is 5.91 Å². The average molecular weight is 324 g/mol. The first kappa shape index (κ1) is 16.5. The molecule has 3 fully saturated rings. The quantitative estimate of drug-likeness (QED) is 0.775. The van der Waals surface area contributed by atoms with E-state index in [0.29, 0.717) is 13.1 Å². The fourth-order valence-corrected chi connectivity index (χ4v) is 3.68. The first-order valence-corrected chi connectivity index (χ1v) is 8.62. The molecule has 0 aromatic heterocycles. The van der Waals surface area contributed by atoms with Crippen molar-refractivity contribution >= 4 is 11.9 Å². The molecule has 3 rings (SSSR count). The highest BCUT2D eigenvalue weighted by Gasteiger charge is 2.47. The number of carbonyl (C=O) groups is 2. The van der Waals surface area contributed by atoms with Gasteiger partial charge in [-0.2, -0.15) is 0 Å². The van der Waals surface area contributed by atoms with E-state index < -0.39 is 0 Å². The zero-order chi connectivity index (χ0) is 16.6. The number of rotatable bonds is 2. The van der Waals surface area contributed by atoms with Crippen molar-refractivity contribution in [3.8, 4) is 0 Å². The molecule has 3 unspecified atom stereocenters. The number of morpholine rings is 1. The molecule has 23 heavy (non-hydrogen) atoms. The summed E-state index contributed by atoms with van der Waals surface area (Å²) in [5.74, 6) is 0.108. The van der Waals surface area contributed by atoms with Gasteiger partial charge in [0, 0.05) is 45.3 Å². The normalized spacial score (nSPS) is 31.6. The lowest BCUT2D eigenvalue weighted by molar-refractivity contribution is -0.139. The fraction of sp³-hybridized carbons (Fsp3) is 0.875. The number of piperazine rings is 1. The van der Waals surface area contributed by atoms with Crippen LogP contribution in [0.3, 0.4) is 0 Å². The molecule has 0 aromatic rings. The molecular formula is C16H28N4O3. The molecule has 3 aliphatic heterocycles. The Balaban J connectivity index is 1.59. The molecule has 0 spiro atoms. The van der Waals surface area contributed by atoms with Crippen LogP contribution >= 0.6 is 0 Å². The number of nitrogens with one attached hydrogen (secondary N) is 1. The lowest BCUT2D eigenvalue weighted by Gasteiger charge is -2.36. The number of likely N-dealkylation sites (N-methyl/N-ethyl adjacent to an activating group) is 1. The Labute approximate surface area is 137 Å². The number of ether oxygens (including phenoxy) is 1. The lowest BCUT2D eigenvalue weighted by Crippen LogP contribution is -2.53. The van der Waals surface area contributed by atoms with Crippen LogP contribution in [0, 0.1) is 5.92 Å². The molecule has 3 aliphatic rings. The second-order valence-corrected chi connectivity index (χ2v) is 7.28. The van der Waals surface area contributed by atoms with Crippen LogP contribution in [-0.4, -0.2) is 91.2 Å². The van der Waals surface area contributed by atoms with E-state index in [0.717, 1.165) is 32.6 Å². The maximum atomic E-state index is 12.8. The first-order valence-electron chi connectivity index (χ1n) is 8.62. The first-order chi connectivity index (χ1) is 10.9. The number of fused-ring (bicyclic) bond motifs is 2. The molecular weight excluding hydrogens is 296 g/mol. The number of amides is 3. The van der Waals surface area contributed by atoms with Crippen molar-refractivity contribution < 1.29 is 14.3 Å². The van der Waals surface area contributed by atoms with Crippen molar-refractivity contribution in [1.29, 1.82) is 0 Å². The second kappa shape index (κ2) is 6.65. The maximum absolute atomic E-state index is 12.8. The number of carbonyl (C=O) groups excluding carboxylic acids is 2. The van der Waals surface area contributed by atoms with Crippen LogP contribution in [0.4, 0.5) is 4.79 Å². The Morgan fingerprint density at radius 3 is 2.43 bits per heavy atom. The summed E-state index contributed by atoms with van der Waals surface area (Å²) in [6, 6.07) is 0.0664. The standard InChI is InChI=1S/C16H28N4O3/c1-11(2)17-16(22)20-9-12-8-13(14(10-20)23-12)15(21)19-6-4-18(3)5-7-19/h11-14H,4-10H2,1-3H3,(H,17,22). The summed E-state index contributed by atoms with van der Waals surface area (Å²) >= 11 is 0. The summed E-state index contributed by atoms with van der Waals surface area (Å²) in [6.07, 6.45) is 0.577. The monoisotopic (exact) mass is 324 g/mol. The van der Waals surface area contributed by atoms with Crippen LogP contribution in [0.1, 0.15) is 20.3 Å². The molecule has 3 heterocycles. The van der Waals surface area contributed by atoms with Gasteiger partial charge < -0.3 is 24.8 Å². The summed E-state index contributed by atoms with van der Waals surface area (Å²) in [5, 5.41) is 2.92. The molecule has 0 saturated carbocycles. The van der Waals surface area contributed by atoms with E-state index in [1.807, 2.05) is 18.7 Å². The van der Waals surface area contributed by atoms with E-state index in [2.05, 4.69) is 17.3 Å². The van der Waals surface area contributed by atoms with E-state index in [1.165, 1.54) is 0 Å². The van der Waals surface area contributed by atoms with E-state index >= 15 is 0 Å². The van der Waals surface area contributed by atoms with E-state index in [-0.39, 0.29) is 36.1 Å². The average Bonchev–Trinajstić information content (AvgIpc) is 2.80. The Kier molecular flexibility index (Phi) is 4.77. The highest BCUT2D eigenvalue weighted by molar-refractivity contribution is 5.80. The summed E-state index contributed by atoms with van der Waals surface area (Å²) in [7, 11) is 2.08. The highest BCUT2D eigenvalue weighted by Crippen LogP contribution is 2.33. The van der Waals surface area contributed by atoms with E-state index in [4.69, 9.17) is 4.74 Å². The van der Waals surface area contributed by atoms with Crippen molar-refractivity contribution in [2.75, 3.05) is 46.3 Å². The summed E-state index contributed by atoms with van der Waals surface area (Å²) in [4.78, 5) is 31.0. The number of hydrogen-bond acceptors (Lipinski definition) is 4. The molecule has 3 saturated heterocycles. The van der Waals surface area contributed by atoms with Gasteiger partial charge in [0.15, 0.2) is 0 Å². The molecule has 2 bridgehead atoms.